The smallest absolute Gasteiger partial charge is 0.458 e. The Morgan fingerprint density at radius 3 is 1.92 bits per heavy atom. The first-order valence-electron chi connectivity index (χ1n) is 15.9. The molecule has 8 nitrogen and oxygen atoms in total. The van der Waals surface area contributed by atoms with Crippen LogP contribution in [0.25, 0.3) is 0 Å². The van der Waals surface area contributed by atoms with Crippen molar-refractivity contribution in [2.45, 2.75) is 123 Å². The first-order valence-corrected chi connectivity index (χ1v) is 17.4. The van der Waals surface area contributed by atoms with Gasteiger partial charge in [0.1, 0.15) is 6.10 Å². The molecule has 3 fully saturated rings. The standard InChI is InChI=1S/C30H58NO7P/c1-4-5-6-7-8-9-10-11-12-13-14-15-16-17-22-35-25-30(38-27(2)32)26-37-39(33,34)36-24-29-23-31(3)20-18-28(29)19-21-31/h28-30H,4-26H2,1-3H3/p+1. The zero-order valence-electron chi connectivity index (χ0n) is 25.3. The van der Waals surface area contributed by atoms with Gasteiger partial charge in [0, 0.05) is 32.3 Å². The van der Waals surface area contributed by atoms with Gasteiger partial charge in [-0.2, -0.15) is 0 Å². The number of unbranched alkanes of at least 4 members (excludes halogenated alkanes) is 13. The molecule has 3 atom stereocenters. The van der Waals surface area contributed by atoms with Crippen LogP contribution in [0.3, 0.4) is 0 Å². The number of carbonyl (C=O) groups excluding carboxylic acids is 1. The summed E-state index contributed by atoms with van der Waals surface area (Å²) in [5.74, 6) is 0.364. The molecule has 3 aliphatic rings. The van der Waals surface area contributed by atoms with Crippen molar-refractivity contribution in [1.29, 1.82) is 0 Å². The van der Waals surface area contributed by atoms with E-state index >= 15 is 0 Å². The molecule has 230 valence electrons. The van der Waals surface area contributed by atoms with Gasteiger partial charge >= 0.3 is 13.8 Å². The molecule has 0 spiro atoms. The lowest BCUT2D eigenvalue weighted by molar-refractivity contribution is -0.929. The van der Waals surface area contributed by atoms with E-state index in [2.05, 4.69) is 14.0 Å². The summed E-state index contributed by atoms with van der Waals surface area (Å²) in [5.41, 5.74) is 0. The van der Waals surface area contributed by atoms with Gasteiger partial charge in [-0.1, -0.05) is 90.4 Å². The number of fused-ring (bicyclic) bond motifs is 3. The molecule has 3 heterocycles. The molecule has 0 aliphatic carbocycles. The zero-order chi connectivity index (χ0) is 28.4. The van der Waals surface area contributed by atoms with Crippen molar-refractivity contribution < 1.29 is 37.3 Å². The molecule has 3 unspecified atom stereocenters. The molecule has 3 saturated heterocycles. The predicted molar refractivity (Wildman–Crippen MR) is 155 cm³/mol. The van der Waals surface area contributed by atoms with Crippen LogP contribution in [0.15, 0.2) is 0 Å². The maximum atomic E-state index is 12.5. The van der Waals surface area contributed by atoms with Gasteiger partial charge in [0.2, 0.25) is 0 Å². The number of hydrogen-bond donors (Lipinski definition) is 1. The van der Waals surface area contributed by atoms with E-state index in [-0.39, 0.29) is 25.7 Å². The monoisotopic (exact) mass is 576 g/mol. The molecule has 3 aliphatic heterocycles. The summed E-state index contributed by atoms with van der Waals surface area (Å²) in [6.45, 7) is 7.62. The maximum absolute atomic E-state index is 12.5. The number of piperidine rings is 3. The van der Waals surface area contributed by atoms with E-state index < -0.39 is 19.9 Å². The van der Waals surface area contributed by atoms with Gasteiger partial charge in [-0.05, 0) is 12.3 Å². The average Bonchev–Trinajstić information content (AvgIpc) is 2.90. The van der Waals surface area contributed by atoms with E-state index in [0.29, 0.717) is 12.5 Å². The number of hydrogen-bond acceptors (Lipinski definition) is 6. The Hall–Kier alpha value is -0.500. The highest BCUT2D eigenvalue weighted by Crippen LogP contribution is 2.46. The van der Waals surface area contributed by atoms with Gasteiger partial charge in [-0.25, -0.2) is 4.57 Å². The Balaban J connectivity index is 1.48. The predicted octanol–water partition coefficient (Wildman–Crippen LogP) is 7.04. The molecule has 0 radical (unpaired) electrons. The Bertz CT molecular complexity index is 699. The molecular weight excluding hydrogens is 517 g/mol. The van der Waals surface area contributed by atoms with Crippen LogP contribution in [0.1, 0.15) is 117 Å². The van der Waals surface area contributed by atoms with Crippen molar-refractivity contribution in [3.8, 4) is 0 Å². The second-order valence-electron chi connectivity index (χ2n) is 12.3. The van der Waals surface area contributed by atoms with Crippen LogP contribution in [-0.4, -0.2) is 74.6 Å². The van der Waals surface area contributed by atoms with Gasteiger partial charge in [-0.15, -0.1) is 0 Å². The van der Waals surface area contributed by atoms with Gasteiger partial charge in [-0.3, -0.25) is 13.8 Å². The quantitative estimate of drug-likeness (QED) is 0.0570. The summed E-state index contributed by atoms with van der Waals surface area (Å²) in [4.78, 5) is 21.7. The Kier molecular flexibility index (Phi) is 17.4. The summed E-state index contributed by atoms with van der Waals surface area (Å²) in [6, 6.07) is 0. The van der Waals surface area contributed by atoms with Crippen molar-refractivity contribution in [2.24, 2.45) is 11.8 Å². The maximum Gasteiger partial charge on any atom is 0.472 e. The molecule has 9 heteroatoms. The topological polar surface area (TPSA) is 91.3 Å². The van der Waals surface area contributed by atoms with Crippen molar-refractivity contribution in [2.75, 3.05) is 53.1 Å². The summed E-state index contributed by atoms with van der Waals surface area (Å²) in [6.07, 6.45) is 19.8. The number of quaternary nitrogens is 1. The van der Waals surface area contributed by atoms with Crippen LogP contribution in [-0.2, 0) is 27.9 Å². The van der Waals surface area contributed by atoms with E-state index in [1.165, 1.54) is 97.1 Å². The Labute approximate surface area is 238 Å². The lowest BCUT2D eigenvalue weighted by Gasteiger charge is -2.50. The third-order valence-corrected chi connectivity index (χ3v) is 9.53. The number of nitrogens with zero attached hydrogens (tertiary/aromatic N) is 1. The van der Waals surface area contributed by atoms with Crippen molar-refractivity contribution in [3.63, 3.8) is 0 Å². The number of esters is 1. The first kappa shape index (κ1) is 34.7. The number of rotatable bonds is 24. The number of phosphoric ester groups is 1. The Morgan fingerprint density at radius 2 is 1.41 bits per heavy atom. The normalized spacial score (nSPS) is 24.9. The van der Waals surface area contributed by atoms with E-state index in [9.17, 15) is 14.3 Å². The highest BCUT2D eigenvalue weighted by molar-refractivity contribution is 7.47. The Morgan fingerprint density at radius 1 is 0.872 bits per heavy atom. The summed E-state index contributed by atoms with van der Waals surface area (Å²) < 4.78 is 35.0. The van der Waals surface area contributed by atoms with Crippen LogP contribution in [0.5, 0.6) is 0 Å². The lowest BCUT2D eigenvalue weighted by Crippen LogP contribution is -2.60. The van der Waals surface area contributed by atoms with Gasteiger partial charge in [0.05, 0.1) is 46.5 Å². The SMILES string of the molecule is CCCCCCCCCCCCCCCCOCC(COP(=O)(O)OCC1C[N+]2(C)CCC1CC2)OC(C)=O. The summed E-state index contributed by atoms with van der Waals surface area (Å²) in [5, 5.41) is 0. The molecule has 39 heavy (non-hydrogen) atoms. The number of carbonyl (C=O) groups is 1. The molecule has 0 aromatic heterocycles. The minimum atomic E-state index is -4.23. The second kappa shape index (κ2) is 19.6. The molecule has 0 aromatic rings. The van der Waals surface area contributed by atoms with Gasteiger partial charge < -0.3 is 18.9 Å². The van der Waals surface area contributed by atoms with Crippen molar-refractivity contribution in [1.82, 2.24) is 0 Å². The fourth-order valence-electron chi connectivity index (χ4n) is 6.14. The first-order chi connectivity index (χ1) is 18.7. The van der Waals surface area contributed by atoms with Crippen LogP contribution in [0, 0.1) is 11.8 Å². The summed E-state index contributed by atoms with van der Waals surface area (Å²) in [7, 11) is -1.98. The highest BCUT2D eigenvalue weighted by Gasteiger charge is 2.44. The van der Waals surface area contributed by atoms with Crippen LogP contribution in [0.4, 0.5) is 0 Å². The molecule has 3 rings (SSSR count). The van der Waals surface area contributed by atoms with E-state index in [1.807, 2.05) is 0 Å². The summed E-state index contributed by atoms with van der Waals surface area (Å²) >= 11 is 0. The second-order valence-corrected chi connectivity index (χ2v) is 13.8. The molecule has 1 N–H and O–H groups in total. The number of phosphoric acid groups is 1. The molecule has 0 aromatic carbocycles. The third kappa shape index (κ3) is 15.9. The van der Waals surface area contributed by atoms with Gasteiger partial charge in [0.15, 0.2) is 0 Å². The fraction of sp³-hybridized carbons (Fsp3) is 0.967. The van der Waals surface area contributed by atoms with Gasteiger partial charge in [0.25, 0.3) is 0 Å². The van der Waals surface area contributed by atoms with Crippen LogP contribution in [0.2, 0.25) is 0 Å². The molecule has 0 amide bonds. The number of ether oxygens (including phenoxy) is 2. The highest BCUT2D eigenvalue weighted by atomic mass is 31.2. The minimum absolute atomic E-state index is 0.137. The molecule has 2 bridgehead atoms. The molecule has 0 saturated carbocycles. The van der Waals surface area contributed by atoms with Crippen molar-refractivity contribution >= 4 is 13.8 Å². The lowest BCUT2D eigenvalue weighted by atomic mass is 9.78. The largest absolute Gasteiger partial charge is 0.472 e. The molecular formula is C30H59NO7P+. The third-order valence-electron chi connectivity index (χ3n) is 8.58. The van der Waals surface area contributed by atoms with Crippen LogP contribution >= 0.6 is 7.82 Å². The minimum Gasteiger partial charge on any atom is -0.458 e. The van der Waals surface area contributed by atoms with E-state index in [4.69, 9.17) is 18.5 Å². The van der Waals surface area contributed by atoms with Crippen molar-refractivity contribution in [3.05, 3.63) is 0 Å². The van der Waals surface area contributed by atoms with E-state index in [1.54, 1.807) is 0 Å². The average molecular weight is 577 g/mol. The fourth-order valence-corrected chi connectivity index (χ4v) is 6.95. The van der Waals surface area contributed by atoms with E-state index in [0.717, 1.165) is 36.7 Å². The zero-order valence-corrected chi connectivity index (χ0v) is 26.2. The van der Waals surface area contributed by atoms with Crippen LogP contribution < -0.4 is 0 Å².